The van der Waals surface area contributed by atoms with Crippen molar-refractivity contribution >= 4 is 42.2 Å². The molecule has 0 saturated carbocycles. The largest absolute Gasteiger partial charge is 0.508 e. The SMILES string of the molecule is CCC1=C2[C@@H](CC/C(=C/c3ccc(O)cc3Cl)c3ccccc3)OB(O)C[C@@H]2[C@@H]2C(=O)N(C3CCN(Cc4ccccc4)CC3)C(=O)[C@@H]2C1. The Morgan fingerprint density at radius 2 is 1.69 bits per heavy atom. The van der Waals surface area contributed by atoms with Crippen LogP contribution < -0.4 is 0 Å². The van der Waals surface area contributed by atoms with Gasteiger partial charge in [-0.05, 0) is 103 Å². The van der Waals surface area contributed by atoms with Gasteiger partial charge in [0.25, 0.3) is 0 Å². The Bertz CT molecular complexity index is 1740. The molecular weight excluding hydrogens is 635 g/mol. The lowest BCUT2D eigenvalue weighted by atomic mass is 9.58. The number of nitrogens with zero attached hydrogens (tertiary/aromatic N) is 2. The maximum atomic E-state index is 14.3. The topological polar surface area (TPSA) is 90.3 Å². The summed E-state index contributed by atoms with van der Waals surface area (Å²) in [6, 6.07) is 25.4. The van der Waals surface area contributed by atoms with E-state index in [2.05, 4.69) is 48.2 Å². The molecular formula is C40H44BClN2O5. The molecule has 254 valence electrons. The Morgan fingerprint density at radius 3 is 2.39 bits per heavy atom. The Kier molecular flexibility index (Phi) is 10.1. The number of benzene rings is 3. The molecule has 3 aliphatic heterocycles. The third-order valence-electron chi connectivity index (χ3n) is 11.1. The van der Waals surface area contributed by atoms with E-state index in [1.165, 1.54) is 17.2 Å². The highest BCUT2D eigenvalue weighted by Gasteiger charge is 2.58. The third kappa shape index (κ3) is 7.02. The number of piperidine rings is 1. The van der Waals surface area contributed by atoms with E-state index in [-0.39, 0.29) is 41.5 Å². The van der Waals surface area contributed by atoms with Crippen LogP contribution in [0.25, 0.3) is 11.6 Å². The third-order valence-corrected chi connectivity index (χ3v) is 11.4. The van der Waals surface area contributed by atoms with Crippen LogP contribution in [0.4, 0.5) is 0 Å². The van der Waals surface area contributed by atoms with Crippen LogP contribution in [0, 0.1) is 17.8 Å². The van der Waals surface area contributed by atoms with Crippen molar-refractivity contribution in [1.29, 1.82) is 0 Å². The van der Waals surface area contributed by atoms with E-state index in [0.29, 0.717) is 30.6 Å². The quantitative estimate of drug-likeness (QED) is 0.107. The number of hydrogen-bond acceptors (Lipinski definition) is 6. The van der Waals surface area contributed by atoms with Gasteiger partial charge in [-0.15, -0.1) is 0 Å². The first kappa shape index (κ1) is 33.8. The summed E-state index contributed by atoms with van der Waals surface area (Å²) in [6.45, 7) is 4.68. The summed E-state index contributed by atoms with van der Waals surface area (Å²) in [5, 5.41) is 21.4. The number of carbonyl (C=O) groups excluding carboxylic acids is 2. The van der Waals surface area contributed by atoms with E-state index < -0.39 is 13.0 Å². The minimum absolute atomic E-state index is 0.0286. The zero-order valence-electron chi connectivity index (χ0n) is 28.0. The molecule has 3 heterocycles. The van der Waals surface area contributed by atoms with Gasteiger partial charge in [0.15, 0.2) is 0 Å². The van der Waals surface area contributed by atoms with E-state index in [4.69, 9.17) is 16.3 Å². The maximum Gasteiger partial charge on any atom is 0.455 e. The first-order valence-corrected chi connectivity index (χ1v) is 18.1. The number of imide groups is 1. The van der Waals surface area contributed by atoms with Gasteiger partial charge < -0.3 is 14.8 Å². The molecule has 0 aromatic heterocycles. The van der Waals surface area contributed by atoms with Crippen LogP contribution >= 0.6 is 11.6 Å². The molecule has 2 N–H and O–H groups in total. The molecule has 0 spiro atoms. The zero-order valence-corrected chi connectivity index (χ0v) is 28.8. The van der Waals surface area contributed by atoms with Gasteiger partial charge >= 0.3 is 7.12 Å². The number of fused-ring (bicyclic) bond motifs is 3. The Hall–Kier alpha value is -3.69. The lowest BCUT2D eigenvalue weighted by Crippen LogP contribution is -2.48. The fourth-order valence-corrected chi connectivity index (χ4v) is 8.95. The van der Waals surface area contributed by atoms with Crippen molar-refractivity contribution in [3.05, 3.63) is 112 Å². The van der Waals surface area contributed by atoms with Crippen molar-refractivity contribution in [2.24, 2.45) is 17.8 Å². The smallest absolute Gasteiger partial charge is 0.455 e. The summed E-state index contributed by atoms with van der Waals surface area (Å²) in [5.41, 5.74) is 6.48. The Morgan fingerprint density at radius 1 is 0.980 bits per heavy atom. The van der Waals surface area contributed by atoms with Gasteiger partial charge in [-0.2, -0.15) is 0 Å². The van der Waals surface area contributed by atoms with Gasteiger partial charge in [0.1, 0.15) is 5.75 Å². The predicted octanol–water partition coefficient (Wildman–Crippen LogP) is 7.24. The summed E-state index contributed by atoms with van der Waals surface area (Å²) in [4.78, 5) is 32.4. The highest BCUT2D eigenvalue weighted by atomic mass is 35.5. The van der Waals surface area contributed by atoms with Crippen LogP contribution in [-0.2, 0) is 20.8 Å². The van der Waals surface area contributed by atoms with Crippen molar-refractivity contribution in [2.75, 3.05) is 13.1 Å². The summed E-state index contributed by atoms with van der Waals surface area (Å²) in [5.74, 6) is -1.03. The number of allylic oxidation sites excluding steroid dienone is 2. The number of aromatic hydroxyl groups is 1. The minimum Gasteiger partial charge on any atom is -0.508 e. The molecule has 0 bridgehead atoms. The molecule has 2 amide bonds. The fourth-order valence-electron chi connectivity index (χ4n) is 8.72. The Balaban J connectivity index is 1.10. The van der Waals surface area contributed by atoms with Crippen LogP contribution in [0.5, 0.6) is 5.75 Å². The molecule has 3 fully saturated rings. The van der Waals surface area contributed by atoms with Gasteiger partial charge in [0.05, 0.1) is 23.0 Å². The summed E-state index contributed by atoms with van der Waals surface area (Å²) in [6.07, 6.45) is 6.14. The number of carbonyl (C=O) groups is 2. The van der Waals surface area contributed by atoms with E-state index in [0.717, 1.165) is 61.2 Å². The van der Waals surface area contributed by atoms with E-state index >= 15 is 0 Å². The molecule has 3 saturated heterocycles. The molecule has 0 unspecified atom stereocenters. The van der Waals surface area contributed by atoms with Gasteiger partial charge in [-0.1, -0.05) is 84.8 Å². The number of hydrogen-bond donors (Lipinski definition) is 2. The highest BCUT2D eigenvalue weighted by molar-refractivity contribution is 6.43. The Labute approximate surface area is 294 Å². The van der Waals surface area contributed by atoms with Crippen molar-refractivity contribution in [1.82, 2.24) is 9.80 Å². The lowest BCUT2D eigenvalue weighted by Gasteiger charge is -2.43. The monoisotopic (exact) mass is 678 g/mol. The molecule has 7 rings (SSSR count). The molecule has 7 nitrogen and oxygen atoms in total. The van der Waals surface area contributed by atoms with Crippen LogP contribution in [0.2, 0.25) is 11.3 Å². The number of likely N-dealkylation sites (tertiary alicyclic amines) is 2. The lowest BCUT2D eigenvalue weighted by molar-refractivity contribution is -0.144. The van der Waals surface area contributed by atoms with E-state index in [1.54, 1.807) is 17.0 Å². The van der Waals surface area contributed by atoms with Crippen molar-refractivity contribution in [3.63, 3.8) is 0 Å². The van der Waals surface area contributed by atoms with Gasteiger partial charge in [0, 0.05) is 25.7 Å². The van der Waals surface area contributed by atoms with E-state index in [9.17, 15) is 19.7 Å². The number of phenolic OH excluding ortho intramolecular Hbond substituents is 1. The standard InChI is InChI=1S/C40H44BClN2O5/c1-2-27-22-33-38(40(47)44(39(33)46)31-17-19-43(20-18-31)25-26-9-5-3-6-10-26)34-24-41(48)49-36(37(27)34)16-14-29(28-11-7-4-8-12-28)21-30-13-15-32(45)23-35(30)42/h3-13,15,21,23,31,33-34,36,38,45,48H,2,14,16-20,22,24-25H2,1H3/b29-21-/t33-,34+,36-,38-/m1/s1. The molecule has 4 atom stereocenters. The van der Waals surface area contributed by atoms with Crippen molar-refractivity contribution < 1.29 is 24.4 Å². The van der Waals surface area contributed by atoms with Gasteiger partial charge in [-0.25, -0.2) is 0 Å². The van der Waals surface area contributed by atoms with Crippen LogP contribution in [0.3, 0.4) is 0 Å². The molecule has 49 heavy (non-hydrogen) atoms. The second-order valence-electron chi connectivity index (χ2n) is 14.0. The average molecular weight is 679 g/mol. The normalized spacial score (nSPS) is 25.2. The number of phenols is 1. The first-order chi connectivity index (χ1) is 23.8. The highest BCUT2D eigenvalue weighted by Crippen LogP contribution is 2.52. The summed E-state index contributed by atoms with van der Waals surface area (Å²) >= 11 is 6.51. The van der Waals surface area contributed by atoms with Crippen LogP contribution in [0.15, 0.2) is 90.0 Å². The minimum atomic E-state index is -1.01. The second kappa shape index (κ2) is 14.7. The average Bonchev–Trinajstić information content (AvgIpc) is 3.36. The van der Waals surface area contributed by atoms with Gasteiger partial charge in [-0.3, -0.25) is 19.4 Å². The summed E-state index contributed by atoms with van der Waals surface area (Å²) < 4.78 is 6.27. The van der Waals surface area contributed by atoms with Crippen LogP contribution in [-0.4, -0.2) is 64.1 Å². The molecule has 9 heteroatoms. The first-order valence-electron chi connectivity index (χ1n) is 17.7. The summed E-state index contributed by atoms with van der Waals surface area (Å²) in [7, 11) is -1.01. The fraction of sp³-hybridized carbons (Fsp3) is 0.400. The van der Waals surface area contributed by atoms with Crippen LogP contribution in [0.1, 0.15) is 62.1 Å². The number of halogens is 1. The zero-order chi connectivity index (χ0) is 34.1. The van der Waals surface area contributed by atoms with Crippen molar-refractivity contribution in [3.8, 4) is 5.75 Å². The molecule has 3 aromatic carbocycles. The number of rotatable bonds is 9. The molecule has 4 aliphatic rings. The molecule has 0 radical (unpaired) electrons. The maximum absolute atomic E-state index is 14.3. The predicted molar refractivity (Wildman–Crippen MR) is 193 cm³/mol. The van der Waals surface area contributed by atoms with Gasteiger partial charge in [0.2, 0.25) is 11.8 Å². The van der Waals surface area contributed by atoms with Crippen molar-refractivity contribution in [2.45, 2.75) is 70.5 Å². The molecule has 1 aliphatic carbocycles. The molecule has 3 aromatic rings. The second-order valence-corrected chi connectivity index (χ2v) is 14.4. The number of amides is 2. The van der Waals surface area contributed by atoms with E-state index in [1.807, 2.05) is 30.3 Å².